The highest BCUT2D eigenvalue weighted by atomic mass is 16.2. The molecular weight excluding hydrogens is 276 g/mol. The third kappa shape index (κ3) is 2.98. The number of hydrogen-bond donors (Lipinski definition) is 1. The van der Waals surface area contributed by atoms with E-state index in [1.165, 1.54) is 10.2 Å². The van der Waals surface area contributed by atoms with Gasteiger partial charge in [-0.05, 0) is 30.7 Å². The lowest BCUT2D eigenvalue weighted by molar-refractivity contribution is 0.0691. The lowest BCUT2D eigenvalue weighted by Gasteiger charge is -2.32. The number of aryl methyl sites for hydroxylation is 1. The van der Waals surface area contributed by atoms with E-state index in [0.717, 1.165) is 32.4 Å². The fraction of sp³-hybridized carbons (Fsp3) is 0.412. The summed E-state index contributed by atoms with van der Waals surface area (Å²) in [6.45, 7) is 1.59. The summed E-state index contributed by atoms with van der Waals surface area (Å²) in [6, 6.07) is 10.6. The van der Waals surface area contributed by atoms with E-state index in [4.69, 9.17) is 5.73 Å². The van der Waals surface area contributed by atoms with Gasteiger partial charge in [0.15, 0.2) is 0 Å². The fourth-order valence-corrected chi connectivity index (χ4v) is 3.07. The quantitative estimate of drug-likeness (QED) is 0.943. The van der Waals surface area contributed by atoms with Crippen LogP contribution >= 0.6 is 0 Å². The van der Waals surface area contributed by atoms with E-state index in [-0.39, 0.29) is 5.91 Å². The molecule has 0 saturated carbocycles. The van der Waals surface area contributed by atoms with Crippen LogP contribution in [0.15, 0.2) is 36.5 Å². The maximum atomic E-state index is 12.5. The van der Waals surface area contributed by atoms with Crippen LogP contribution in [0.2, 0.25) is 0 Å². The number of likely N-dealkylation sites (tertiary alicyclic amines) is 1. The number of benzene rings is 1. The van der Waals surface area contributed by atoms with Gasteiger partial charge in [-0.15, -0.1) is 0 Å². The molecule has 0 radical (unpaired) electrons. The predicted molar refractivity (Wildman–Crippen MR) is 86.4 cm³/mol. The van der Waals surface area contributed by atoms with Crippen LogP contribution < -0.4 is 5.73 Å². The lowest BCUT2D eigenvalue weighted by Crippen LogP contribution is -2.39. The van der Waals surface area contributed by atoms with Crippen molar-refractivity contribution in [3.8, 4) is 0 Å². The highest BCUT2D eigenvalue weighted by Crippen LogP contribution is 2.23. The van der Waals surface area contributed by atoms with Crippen molar-refractivity contribution in [2.75, 3.05) is 18.8 Å². The van der Waals surface area contributed by atoms with E-state index < -0.39 is 0 Å². The van der Waals surface area contributed by atoms with Gasteiger partial charge < -0.3 is 10.6 Å². The van der Waals surface area contributed by atoms with Crippen molar-refractivity contribution in [1.29, 1.82) is 0 Å². The van der Waals surface area contributed by atoms with Crippen molar-refractivity contribution in [2.24, 2.45) is 13.0 Å². The van der Waals surface area contributed by atoms with Gasteiger partial charge in [-0.3, -0.25) is 9.48 Å². The Labute approximate surface area is 130 Å². The average Bonchev–Trinajstić information content (AvgIpc) is 2.88. The Bertz CT molecular complexity index is 642. The number of amides is 1. The summed E-state index contributed by atoms with van der Waals surface area (Å²) in [5, 5.41) is 4.05. The summed E-state index contributed by atoms with van der Waals surface area (Å²) in [7, 11) is 1.75. The molecule has 2 N–H and O–H groups in total. The van der Waals surface area contributed by atoms with Gasteiger partial charge >= 0.3 is 0 Å². The molecule has 0 bridgehead atoms. The third-order valence-corrected chi connectivity index (χ3v) is 4.48. The van der Waals surface area contributed by atoms with Crippen molar-refractivity contribution in [1.82, 2.24) is 14.7 Å². The number of piperidine rings is 1. The number of carbonyl (C=O) groups excluding carboxylic acids is 1. The van der Waals surface area contributed by atoms with Gasteiger partial charge in [0.05, 0.1) is 6.20 Å². The Balaban J connectivity index is 1.57. The second-order valence-corrected chi connectivity index (χ2v) is 5.99. The molecule has 5 nitrogen and oxygen atoms in total. The summed E-state index contributed by atoms with van der Waals surface area (Å²) in [5.74, 6) is 1.10. The molecule has 3 rings (SSSR count). The van der Waals surface area contributed by atoms with Crippen molar-refractivity contribution >= 4 is 11.7 Å². The second kappa shape index (κ2) is 6.22. The van der Waals surface area contributed by atoms with Crippen molar-refractivity contribution in [3.05, 3.63) is 47.7 Å². The van der Waals surface area contributed by atoms with Crippen molar-refractivity contribution < 1.29 is 4.79 Å². The van der Waals surface area contributed by atoms with E-state index in [1.807, 2.05) is 11.0 Å². The van der Waals surface area contributed by atoms with E-state index in [9.17, 15) is 4.79 Å². The summed E-state index contributed by atoms with van der Waals surface area (Å²) in [4.78, 5) is 14.4. The van der Waals surface area contributed by atoms with Gasteiger partial charge in [-0.25, -0.2) is 0 Å². The first-order valence-electron chi connectivity index (χ1n) is 7.76. The second-order valence-electron chi connectivity index (χ2n) is 5.99. The van der Waals surface area contributed by atoms with Gasteiger partial charge in [0.1, 0.15) is 11.4 Å². The van der Waals surface area contributed by atoms with Crippen molar-refractivity contribution in [3.63, 3.8) is 0 Å². The van der Waals surface area contributed by atoms with Crippen LogP contribution in [-0.4, -0.2) is 33.7 Å². The molecule has 0 spiro atoms. The smallest absolute Gasteiger partial charge is 0.259 e. The summed E-state index contributed by atoms with van der Waals surface area (Å²) in [5.41, 5.74) is 7.79. The summed E-state index contributed by atoms with van der Waals surface area (Å²) < 4.78 is 1.54. The van der Waals surface area contributed by atoms with Crippen LogP contribution in [0.25, 0.3) is 0 Å². The van der Waals surface area contributed by atoms with Crippen LogP contribution in [0.3, 0.4) is 0 Å². The first-order chi connectivity index (χ1) is 10.6. The predicted octanol–water partition coefficient (Wildman–Crippen LogP) is 2.10. The zero-order chi connectivity index (χ0) is 15.5. The number of nitrogens with two attached hydrogens (primary N) is 1. The molecule has 1 amide bonds. The van der Waals surface area contributed by atoms with Crippen LogP contribution in [0.5, 0.6) is 0 Å². The van der Waals surface area contributed by atoms with E-state index in [1.54, 1.807) is 13.2 Å². The zero-order valence-corrected chi connectivity index (χ0v) is 12.9. The van der Waals surface area contributed by atoms with Gasteiger partial charge in [0.2, 0.25) is 0 Å². The molecule has 0 atom stereocenters. The number of nitrogen functional groups attached to an aromatic ring is 1. The molecule has 2 heterocycles. The first kappa shape index (κ1) is 14.6. The molecule has 5 heteroatoms. The highest BCUT2D eigenvalue weighted by molar-refractivity contribution is 5.98. The Morgan fingerprint density at radius 2 is 1.95 bits per heavy atom. The number of aromatic nitrogens is 2. The number of nitrogens with zero attached hydrogens (tertiary/aromatic N) is 3. The molecular formula is C17H22N4O. The molecule has 1 fully saturated rings. The molecule has 1 aliphatic heterocycles. The number of rotatable bonds is 3. The van der Waals surface area contributed by atoms with Crippen LogP contribution in [-0.2, 0) is 13.5 Å². The molecule has 1 aromatic carbocycles. The van der Waals surface area contributed by atoms with Gasteiger partial charge in [-0.1, -0.05) is 30.3 Å². The zero-order valence-electron chi connectivity index (χ0n) is 12.9. The van der Waals surface area contributed by atoms with Gasteiger partial charge in [0, 0.05) is 20.1 Å². The molecule has 1 saturated heterocycles. The number of hydrogen-bond acceptors (Lipinski definition) is 3. The molecule has 0 aliphatic carbocycles. The van der Waals surface area contributed by atoms with Crippen LogP contribution in [0.1, 0.15) is 28.8 Å². The Morgan fingerprint density at radius 1 is 1.27 bits per heavy atom. The minimum absolute atomic E-state index is 0.00348. The van der Waals surface area contributed by atoms with Gasteiger partial charge in [0.25, 0.3) is 5.91 Å². The highest BCUT2D eigenvalue weighted by Gasteiger charge is 2.26. The minimum Gasteiger partial charge on any atom is -0.383 e. The molecule has 22 heavy (non-hydrogen) atoms. The standard InChI is InChI=1S/C17H22N4O/c1-20-16(18)15(12-19-20)17(22)21-9-7-14(8-10-21)11-13-5-3-2-4-6-13/h2-6,12,14H,7-11,18H2,1H3. The average molecular weight is 298 g/mol. The van der Waals surface area contributed by atoms with E-state index in [0.29, 0.717) is 17.3 Å². The summed E-state index contributed by atoms with van der Waals surface area (Å²) in [6.07, 6.45) is 4.74. The SMILES string of the molecule is Cn1ncc(C(=O)N2CCC(Cc3ccccc3)CC2)c1N. The third-order valence-electron chi connectivity index (χ3n) is 4.48. The summed E-state index contributed by atoms with van der Waals surface area (Å²) >= 11 is 0. The minimum atomic E-state index is 0.00348. The number of carbonyl (C=O) groups is 1. The lowest BCUT2D eigenvalue weighted by atomic mass is 9.90. The molecule has 1 aliphatic rings. The Morgan fingerprint density at radius 3 is 2.55 bits per heavy atom. The largest absolute Gasteiger partial charge is 0.383 e. The monoisotopic (exact) mass is 298 g/mol. The van der Waals surface area contributed by atoms with Crippen LogP contribution in [0, 0.1) is 5.92 Å². The molecule has 1 aromatic heterocycles. The van der Waals surface area contributed by atoms with Crippen LogP contribution in [0.4, 0.5) is 5.82 Å². The first-order valence-corrected chi connectivity index (χ1v) is 7.76. The van der Waals surface area contributed by atoms with Crippen molar-refractivity contribution in [2.45, 2.75) is 19.3 Å². The topological polar surface area (TPSA) is 64.2 Å². The molecule has 0 unspecified atom stereocenters. The molecule has 2 aromatic rings. The van der Waals surface area contributed by atoms with E-state index in [2.05, 4.69) is 29.4 Å². The van der Waals surface area contributed by atoms with E-state index >= 15 is 0 Å². The molecule has 116 valence electrons. The maximum Gasteiger partial charge on any atom is 0.259 e. The Hall–Kier alpha value is -2.30. The van der Waals surface area contributed by atoms with Gasteiger partial charge in [-0.2, -0.15) is 5.10 Å². The maximum absolute atomic E-state index is 12.5. The Kier molecular flexibility index (Phi) is 4.13. The fourth-order valence-electron chi connectivity index (χ4n) is 3.07. The normalized spacial score (nSPS) is 16.0. The number of anilines is 1.